The maximum atomic E-state index is 15.4. The summed E-state index contributed by atoms with van der Waals surface area (Å²) in [5, 5.41) is 0. The highest BCUT2D eigenvalue weighted by Crippen LogP contribution is 2.43. The molecule has 1 unspecified atom stereocenters. The Balaban J connectivity index is 1.19. The molecule has 0 aromatic rings. The molecule has 0 heterocycles. The average Bonchev–Trinajstić information content (AvgIpc) is 3.04. The van der Waals surface area contributed by atoms with Gasteiger partial charge in [0.15, 0.2) is 0 Å². The lowest BCUT2D eigenvalue weighted by Gasteiger charge is -2.31. The SMILES string of the molecule is C=C(/C=C\C(=C/C)CCC1(C)CC=C(C(=O)OC2CCC(CCC)CC2)C=C1F)C1CCC(C[C@@H](C)C2=CC=CCC2)CC1. The van der Waals surface area contributed by atoms with E-state index in [2.05, 4.69) is 63.8 Å². The number of hydrogen-bond acceptors (Lipinski definition) is 2. The van der Waals surface area contributed by atoms with E-state index in [1.165, 1.54) is 75.0 Å². The fourth-order valence-corrected chi connectivity index (χ4v) is 7.88. The Morgan fingerprint density at radius 3 is 2.48 bits per heavy atom. The minimum absolute atomic E-state index is 0.0271. The van der Waals surface area contributed by atoms with Crippen molar-refractivity contribution in [2.45, 2.75) is 137 Å². The van der Waals surface area contributed by atoms with Crippen LogP contribution in [-0.4, -0.2) is 12.1 Å². The number of carbonyl (C=O) groups is 1. The van der Waals surface area contributed by atoms with Crippen LogP contribution in [0.25, 0.3) is 0 Å². The first-order valence-corrected chi connectivity index (χ1v) is 17.9. The van der Waals surface area contributed by atoms with Crippen molar-refractivity contribution in [1.29, 1.82) is 0 Å². The van der Waals surface area contributed by atoms with Crippen LogP contribution in [0.2, 0.25) is 0 Å². The predicted octanol–water partition coefficient (Wildman–Crippen LogP) is 12.0. The summed E-state index contributed by atoms with van der Waals surface area (Å²) >= 11 is 0. The monoisotopic (exact) mass is 602 g/mol. The molecule has 2 atom stereocenters. The molecule has 0 bridgehead atoms. The molecule has 2 nitrogen and oxygen atoms in total. The van der Waals surface area contributed by atoms with Crippen LogP contribution >= 0.6 is 0 Å². The number of esters is 1. The molecule has 3 heteroatoms. The van der Waals surface area contributed by atoms with Crippen LogP contribution < -0.4 is 0 Å². The van der Waals surface area contributed by atoms with Gasteiger partial charge in [-0.15, -0.1) is 0 Å². The lowest BCUT2D eigenvalue weighted by atomic mass is 9.74. The zero-order valence-corrected chi connectivity index (χ0v) is 28.2. The number of hydrogen-bond donors (Lipinski definition) is 0. The van der Waals surface area contributed by atoms with E-state index in [0.717, 1.165) is 43.9 Å². The molecule has 242 valence electrons. The van der Waals surface area contributed by atoms with Crippen LogP contribution in [0.15, 0.2) is 83.3 Å². The standard InChI is InChI=1S/C41H59FO2/c1-6-11-33-18-22-38(23-19-33)44-40(43)37-25-27-41(5,39(42)29-37)26-24-32(7-2)15-14-30(3)36-20-16-34(17-21-36)28-31(4)35-12-9-8-10-13-35/h7-9,12,14-15,25,29,31,33-34,36,38H,3,6,10-11,13,16-24,26-28H2,1-2,4-5H3/b15-14-,32-7+/t31-,33?,34?,36?,38?,41?/m1/s1. The second kappa shape index (κ2) is 16.8. The van der Waals surface area contributed by atoms with E-state index >= 15 is 4.39 Å². The largest absolute Gasteiger partial charge is 0.459 e. The summed E-state index contributed by atoms with van der Waals surface area (Å²) in [6, 6.07) is 0. The molecule has 0 N–H and O–H groups in total. The van der Waals surface area contributed by atoms with Gasteiger partial charge in [-0.1, -0.05) is 99.4 Å². The molecule has 4 aliphatic rings. The van der Waals surface area contributed by atoms with Gasteiger partial charge in [-0.3, -0.25) is 0 Å². The molecule has 0 aromatic heterocycles. The third kappa shape index (κ3) is 9.79. The number of rotatable bonds is 13. The van der Waals surface area contributed by atoms with Crippen molar-refractivity contribution >= 4 is 5.97 Å². The molecule has 4 aliphatic carbocycles. The number of carbonyl (C=O) groups excluding carboxylic acids is 1. The van der Waals surface area contributed by atoms with E-state index in [-0.39, 0.29) is 17.9 Å². The molecular weight excluding hydrogens is 543 g/mol. The minimum atomic E-state index is -0.597. The highest BCUT2D eigenvalue weighted by atomic mass is 19.1. The first kappa shape index (κ1) is 34.5. The molecule has 0 aliphatic heterocycles. The lowest BCUT2D eigenvalue weighted by Crippen LogP contribution is -2.26. The first-order valence-electron chi connectivity index (χ1n) is 17.9. The van der Waals surface area contributed by atoms with Gasteiger partial charge in [-0.2, -0.15) is 0 Å². The lowest BCUT2D eigenvalue weighted by molar-refractivity contribution is -0.145. The van der Waals surface area contributed by atoms with Crippen molar-refractivity contribution in [3.63, 3.8) is 0 Å². The molecular formula is C41H59FO2. The van der Waals surface area contributed by atoms with Crippen LogP contribution in [0.1, 0.15) is 130 Å². The Morgan fingerprint density at radius 2 is 1.84 bits per heavy atom. The summed E-state index contributed by atoms with van der Waals surface area (Å²) in [4.78, 5) is 12.8. The van der Waals surface area contributed by atoms with Gasteiger partial charge in [-0.05, 0) is 127 Å². The van der Waals surface area contributed by atoms with Gasteiger partial charge in [0.05, 0.1) is 5.57 Å². The maximum absolute atomic E-state index is 15.4. The van der Waals surface area contributed by atoms with E-state index in [1.807, 2.05) is 13.0 Å². The van der Waals surface area contributed by atoms with E-state index in [1.54, 1.807) is 5.57 Å². The number of ether oxygens (including phenoxy) is 1. The molecule has 44 heavy (non-hydrogen) atoms. The molecule has 4 rings (SSSR count). The van der Waals surface area contributed by atoms with Crippen molar-refractivity contribution in [2.24, 2.45) is 29.1 Å². The van der Waals surface area contributed by atoms with Gasteiger partial charge in [-0.25, -0.2) is 9.18 Å². The smallest absolute Gasteiger partial charge is 0.338 e. The highest BCUT2D eigenvalue weighted by Gasteiger charge is 2.34. The summed E-state index contributed by atoms with van der Waals surface area (Å²) < 4.78 is 21.2. The minimum Gasteiger partial charge on any atom is -0.459 e. The Bertz CT molecular complexity index is 1160. The van der Waals surface area contributed by atoms with E-state index < -0.39 is 5.41 Å². The van der Waals surface area contributed by atoms with Crippen molar-refractivity contribution < 1.29 is 13.9 Å². The van der Waals surface area contributed by atoms with Crippen LogP contribution in [0.4, 0.5) is 4.39 Å². The van der Waals surface area contributed by atoms with Gasteiger partial charge in [0, 0.05) is 5.41 Å². The van der Waals surface area contributed by atoms with Crippen LogP contribution in [0.5, 0.6) is 0 Å². The summed E-state index contributed by atoms with van der Waals surface area (Å²) in [5.41, 5.74) is 3.86. The quantitative estimate of drug-likeness (QED) is 0.155. The highest BCUT2D eigenvalue weighted by molar-refractivity contribution is 5.92. The maximum Gasteiger partial charge on any atom is 0.338 e. The van der Waals surface area contributed by atoms with Gasteiger partial charge in [0.25, 0.3) is 0 Å². The topological polar surface area (TPSA) is 26.3 Å². The second-order valence-corrected chi connectivity index (χ2v) is 14.6. The average molecular weight is 603 g/mol. The fourth-order valence-electron chi connectivity index (χ4n) is 7.88. The molecule has 0 amide bonds. The fraction of sp³-hybridized carbons (Fsp3) is 0.634. The van der Waals surface area contributed by atoms with Crippen LogP contribution in [0, 0.1) is 29.1 Å². The summed E-state index contributed by atoms with van der Waals surface area (Å²) in [5.74, 6) is 2.29. The Hall–Kier alpha value is -2.42. The van der Waals surface area contributed by atoms with E-state index in [9.17, 15) is 4.79 Å². The molecule has 0 aromatic carbocycles. The summed E-state index contributed by atoms with van der Waals surface area (Å²) in [6.07, 6.45) is 34.1. The Labute approximate surface area is 268 Å². The van der Waals surface area contributed by atoms with Gasteiger partial charge < -0.3 is 4.74 Å². The van der Waals surface area contributed by atoms with Gasteiger partial charge >= 0.3 is 5.97 Å². The van der Waals surface area contributed by atoms with Crippen molar-refractivity contribution in [3.05, 3.63) is 83.3 Å². The predicted molar refractivity (Wildman–Crippen MR) is 184 cm³/mol. The van der Waals surface area contributed by atoms with Crippen LogP contribution in [0.3, 0.4) is 0 Å². The van der Waals surface area contributed by atoms with Gasteiger partial charge in [0.1, 0.15) is 11.9 Å². The normalized spacial score (nSPS) is 30.4. The molecule has 2 saturated carbocycles. The molecule has 0 saturated heterocycles. The third-order valence-corrected chi connectivity index (χ3v) is 11.2. The van der Waals surface area contributed by atoms with Crippen LogP contribution in [-0.2, 0) is 9.53 Å². The first-order chi connectivity index (χ1) is 21.2. The van der Waals surface area contributed by atoms with E-state index in [0.29, 0.717) is 30.3 Å². The zero-order chi connectivity index (χ0) is 31.5. The van der Waals surface area contributed by atoms with Crippen molar-refractivity contribution in [2.75, 3.05) is 0 Å². The molecule has 0 radical (unpaired) electrons. The van der Waals surface area contributed by atoms with Crippen molar-refractivity contribution in [3.8, 4) is 0 Å². The second-order valence-electron chi connectivity index (χ2n) is 14.6. The molecule has 2 fully saturated rings. The Morgan fingerprint density at radius 1 is 1.11 bits per heavy atom. The zero-order valence-electron chi connectivity index (χ0n) is 28.2. The summed E-state index contributed by atoms with van der Waals surface area (Å²) in [7, 11) is 0. The van der Waals surface area contributed by atoms with Crippen molar-refractivity contribution in [1.82, 2.24) is 0 Å². The summed E-state index contributed by atoms with van der Waals surface area (Å²) in [6.45, 7) is 13.1. The number of halogens is 1. The molecule has 0 spiro atoms. The van der Waals surface area contributed by atoms with Gasteiger partial charge in [0.2, 0.25) is 0 Å². The number of allylic oxidation sites excluding steroid dienone is 11. The van der Waals surface area contributed by atoms with E-state index in [4.69, 9.17) is 4.74 Å². The Kier molecular flexibility index (Phi) is 13.1. The third-order valence-electron chi connectivity index (χ3n) is 11.2.